The first kappa shape index (κ1) is 21.2. The average molecular weight is 459 g/mol. The molecule has 0 unspecified atom stereocenters. The molecule has 160 valence electrons. The van der Waals surface area contributed by atoms with Gasteiger partial charge in [0.25, 0.3) is 11.9 Å². The number of nitrogens with zero attached hydrogens (tertiary/aromatic N) is 3. The predicted octanol–water partition coefficient (Wildman–Crippen LogP) is 2.36. The van der Waals surface area contributed by atoms with Crippen LogP contribution in [0.15, 0.2) is 51.8 Å². The molecule has 1 N–H and O–H groups in total. The second kappa shape index (κ2) is 8.59. The molecule has 1 aromatic heterocycles. The molecule has 2 heterocycles. The fourth-order valence-electron chi connectivity index (χ4n) is 3.32. The smallest absolute Gasteiger partial charge is 0.298 e. The number of terminal acetylenes is 1. The summed E-state index contributed by atoms with van der Waals surface area (Å²) in [5.41, 5.74) is 1.51. The van der Waals surface area contributed by atoms with Gasteiger partial charge in [0.15, 0.2) is 5.58 Å². The summed E-state index contributed by atoms with van der Waals surface area (Å²) in [6.07, 6.45) is 5.16. The first-order chi connectivity index (χ1) is 14.9. The van der Waals surface area contributed by atoms with Crippen molar-refractivity contribution in [3.63, 3.8) is 0 Å². The van der Waals surface area contributed by atoms with Crippen LogP contribution in [0.5, 0.6) is 0 Å². The summed E-state index contributed by atoms with van der Waals surface area (Å²) in [5.74, 6) is 2.07. The van der Waals surface area contributed by atoms with E-state index in [1.807, 2.05) is 4.90 Å². The molecule has 0 bridgehead atoms. The normalized spacial score (nSPS) is 15.0. The van der Waals surface area contributed by atoms with Crippen LogP contribution >= 0.6 is 11.6 Å². The standard InChI is InChI=1S/C21H19ClN4O4S/c1-2-8-23-20(27)15-6-7-19-18(13-15)24-21(30-19)25-9-11-26(12-10-25)31(28,29)17-5-3-4-16(22)14-17/h1,3-7,13-14H,8-12H2,(H,23,27). The zero-order valence-electron chi connectivity index (χ0n) is 16.4. The summed E-state index contributed by atoms with van der Waals surface area (Å²) in [6.45, 7) is 1.55. The highest BCUT2D eigenvalue weighted by Crippen LogP contribution is 2.26. The Kier molecular flexibility index (Phi) is 5.87. The van der Waals surface area contributed by atoms with E-state index >= 15 is 0 Å². The molecular formula is C21H19ClN4O4S. The zero-order chi connectivity index (χ0) is 22.0. The van der Waals surface area contributed by atoms with Crippen LogP contribution in [0.2, 0.25) is 5.02 Å². The van der Waals surface area contributed by atoms with E-state index in [-0.39, 0.29) is 30.4 Å². The third-order valence-electron chi connectivity index (χ3n) is 4.93. The van der Waals surface area contributed by atoms with Crippen LogP contribution in [0.25, 0.3) is 11.1 Å². The number of anilines is 1. The molecule has 0 saturated carbocycles. The summed E-state index contributed by atoms with van der Waals surface area (Å²) >= 11 is 5.94. The Morgan fingerprint density at radius 2 is 1.97 bits per heavy atom. The van der Waals surface area contributed by atoms with E-state index in [4.69, 9.17) is 22.4 Å². The van der Waals surface area contributed by atoms with E-state index in [1.165, 1.54) is 16.4 Å². The molecule has 1 fully saturated rings. The quantitative estimate of drug-likeness (QED) is 0.590. The van der Waals surface area contributed by atoms with Crippen LogP contribution in [-0.4, -0.2) is 56.3 Å². The summed E-state index contributed by atoms with van der Waals surface area (Å²) in [6, 6.07) is 11.6. The van der Waals surface area contributed by atoms with Crippen molar-refractivity contribution >= 4 is 44.6 Å². The molecule has 10 heteroatoms. The van der Waals surface area contributed by atoms with Crippen molar-refractivity contribution in [3.05, 3.63) is 53.1 Å². The maximum atomic E-state index is 12.9. The Balaban J connectivity index is 1.47. The number of carbonyl (C=O) groups is 1. The summed E-state index contributed by atoms with van der Waals surface area (Å²) in [5, 5.41) is 2.98. The molecule has 31 heavy (non-hydrogen) atoms. The summed E-state index contributed by atoms with van der Waals surface area (Å²) in [4.78, 5) is 18.6. The number of piperazine rings is 1. The van der Waals surface area contributed by atoms with E-state index in [0.717, 1.165) is 0 Å². The number of hydrogen-bond acceptors (Lipinski definition) is 6. The topological polar surface area (TPSA) is 95.8 Å². The maximum Gasteiger partial charge on any atom is 0.298 e. The van der Waals surface area contributed by atoms with Gasteiger partial charge in [-0.3, -0.25) is 4.79 Å². The first-order valence-electron chi connectivity index (χ1n) is 9.51. The Morgan fingerprint density at radius 3 is 2.68 bits per heavy atom. The maximum absolute atomic E-state index is 12.9. The van der Waals surface area contributed by atoms with Gasteiger partial charge in [0.05, 0.1) is 11.4 Å². The zero-order valence-corrected chi connectivity index (χ0v) is 18.0. The van der Waals surface area contributed by atoms with Crippen molar-refractivity contribution in [2.24, 2.45) is 0 Å². The van der Waals surface area contributed by atoms with Crippen molar-refractivity contribution in [1.29, 1.82) is 0 Å². The third kappa shape index (κ3) is 4.37. The molecule has 1 saturated heterocycles. The largest absolute Gasteiger partial charge is 0.423 e. The Hall–Kier alpha value is -3.06. The molecule has 8 nitrogen and oxygen atoms in total. The number of sulfonamides is 1. The number of oxazole rings is 1. The average Bonchev–Trinajstić information content (AvgIpc) is 3.21. The van der Waals surface area contributed by atoms with Crippen LogP contribution in [0.3, 0.4) is 0 Å². The lowest BCUT2D eigenvalue weighted by atomic mass is 10.2. The Labute approximate surface area is 184 Å². The molecule has 3 aromatic rings. The van der Waals surface area contributed by atoms with E-state index < -0.39 is 10.0 Å². The van der Waals surface area contributed by atoms with Crippen LogP contribution in [0.4, 0.5) is 6.01 Å². The number of amides is 1. The molecule has 0 radical (unpaired) electrons. The Bertz CT molecular complexity index is 1270. The number of aromatic nitrogens is 1. The van der Waals surface area contributed by atoms with Crippen molar-refractivity contribution in [2.45, 2.75) is 4.90 Å². The minimum Gasteiger partial charge on any atom is -0.423 e. The second-order valence-electron chi connectivity index (χ2n) is 6.91. The highest BCUT2D eigenvalue weighted by Gasteiger charge is 2.30. The number of halogens is 1. The van der Waals surface area contributed by atoms with Crippen molar-refractivity contribution < 1.29 is 17.6 Å². The minimum atomic E-state index is -3.62. The highest BCUT2D eigenvalue weighted by atomic mass is 35.5. The number of carbonyl (C=O) groups excluding carboxylic acids is 1. The number of nitrogens with one attached hydrogen (secondary N) is 1. The Morgan fingerprint density at radius 1 is 1.19 bits per heavy atom. The predicted molar refractivity (Wildman–Crippen MR) is 118 cm³/mol. The van der Waals surface area contributed by atoms with Gasteiger partial charge in [0, 0.05) is 36.8 Å². The van der Waals surface area contributed by atoms with Gasteiger partial charge in [0.1, 0.15) is 5.52 Å². The van der Waals surface area contributed by atoms with E-state index in [2.05, 4.69) is 16.2 Å². The number of benzene rings is 2. The molecule has 0 atom stereocenters. The van der Waals surface area contributed by atoms with Crippen LogP contribution in [0, 0.1) is 12.3 Å². The fourth-order valence-corrected chi connectivity index (χ4v) is 5.04. The molecule has 1 aliphatic heterocycles. The molecule has 4 rings (SSSR count). The molecule has 0 spiro atoms. The second-order valence-corrected chi connectivity index (χ2v) is 9.29. The molecular weight excluding hydrogens is 440 g/mol. The number of hydrogen-bond donors (Lipinski definition) is 1. The van der Waals surface area contributed by atoms with Crippen molar-refractivity contribution in [1.82, 2.24) is 14.6 Å². The lowest BCUT2D eigenvalue weighted by Crippen LogP contribution is -2.48. The van der Waals surface area contributed by atoms with Gasteiger partial charge in [-0.1, -0.05) is 23.6 Å². The van der Waals surface area contributed by atoms with Crippen molar-refractivity contribution in [3.8, 4) is 12.3 Å². The number of rotatable bonds is 5. The minimum absolute atomic E-state index is 0.142. The summed E-state index contributed by atoms with van der Waals surface area (Å²) in [7, 11) is -3.62. The SMILES string of the molecule is C#CCNC(=O)c1ccc2oc(N3CCN(S(=O)(=O)c4cccc(Cl)c4)CC3)nc2c1. The van der Waals surface area contributed by atoms with Gasteiger partial charge in [-0.2, -0.15) is 9.29 Å². The van der Waals surface area contributed by atoms with E-state index in [1.54, 1.807) is 30.3 Å². The van der Waals surface area contributed by atoms with Gasteiger partial charge >= 0.3 is 0 Å². The van der Waals surface area contributed by atoms with Gasteiger partial charge < -0.3 is 14.6 Å². The van der Waals surface area contributed by atoms with Crippen LogP contribution in [-0.2, 0) is 10.0 Å². The molecule has 2 aromatic carbocycles. The van der Waals surface area contributed by atoms with Crippen LogP contribution < -0.4 is 10.2 Å². The van der Waals surface area contributed by atoms with E-state index in [9.17, 15) is 13.2 Å². The van der Waals surface area contributed by atoms with E-state index in [0.29, 0.717) is 40.8 Å². The summed E-state index contributed by atoms with van der Waals surface area (Å²) < 4.78 is 33.0. The van der Waals surface area contributed by atoms with Gasteiger partial charge in [-0.15, -0.1) is 6.42 Å². The van der Waals surface area contributed by atoms with Crippen molar-refractivity contribution in [2.75, 3.05) is 37.6 Å². The first-order valence-corrected chi connectivity index (χ1v) is 11.3. The highest BCUT2D eigenvalue weighted by molar-refractivity contribution is 7.89. The van der Waals surface area contributed by atoms with Gasteiger partial charge in [-0.25, -0.2) is 8.42 Å². The lowest BCUT2D eigenvalue weighted by Gasteiger charge is -2.33. The molecule has 0 aliphatic carbocycles. The third-order valence-corrected chi connectivity index (χ3v) is 7.06. The lowest BCUT2D eigenvalue weighted by molar-refractivity contribution is 0.0959. The van der Waals surface area contributed by atoms with Gasteiger partial charge in [0.2, 0.25) is 10.0 Å². The monoisotopic (exact) mass is 458 g/mol. The molecule has 1 amide bonds. The van der Waals surface area contributed by atoms with Crippen LogP contribution in [0.1, 0.15) is 10.4 Å². The molecule has 1 aliphatic rings. The fraction of sp³-hybridized carbons (Fsp3) is 0.238. The van der Waals surface area contributed by atoms with Gasteiger partial charge in [-0.05, 0) is 36.4 Å². The number of fused-ring (bicyclic) bond motifs is 1.